The van der Waals surface area contributed by atoms with Gasteiger partial charge >= 0.3 is 0 Å². The molecule has 1 aliphatic heterocycles. The topological polar surface area (TPSA) is 63.4 Å². The van der Waals surface area contributed by atoms with E-state index in [9.17, 15) is 14.9 Å². The first-order valence-electron chi connectivity index (χ1n) is 8.91. The summed E-state index contributed by atoms with van der Waals surface area (Å²) in [5.41, 5.74) is 2.40. The Balaban J connectivity index is 1.52. The molecule has 0 bridgehead atoms. The number of thioether (sulfide) groups is 1. The van der Waals surface area contributed by atoms with Crippen molar-refractivity contribution in [3.8, 4) is 0 Å². The van der Waals surface area contributed by atoms with Gasteiger partial charge in [-0.3, -0.25) is 14.9 Å². The summed E-state index contributed by atoms with van der Waals surface area (Å²) in [6.07, 6.45) is 0.879. The minimum Gasteiger partial charge on any atom is -0.330 e. The van der Waals surface area contributed by atoms with Crippen LogP contribution in [0.1, 0.15) is 22.0 Å². The molecular formula is C21H18N2O3S2. The van der Waals surface area contributed by atoms with Gasteiger partial charge in [0.15, 0.2) is 0 Å². The molecular weight excluding hydrogens is 392 g/mol. The van der Waals surface area contributed by atoms with Crippen LogP contribution in [0.4, 0.5) is 5.69 Å². The van der Waals surface area contributed by atoms with E-state index < -0.39 is 4.92 Å². The van der Waals surface area contributed by atoms with Crippen LogP contribution >= 0.6 is 23.1 Å². The molecule has 0 saturated heterocycles. The highest BCUT2D eigenvalue weighted by Gasteiger charge is 2.32. The first-order chi connectivity index (χ1) is 13.6. The normalized spacial score (nSPS) is 15.9. The molecule has 0 spiro atoms. The highest BCUT2D eigenvalue weighted by molar-refractivity contribution is 8.00. The van der Waals surface area contributed by atoms with Crippen molar-refractivity contribution in [3.05, 3.63) is 92.2 Å². The minimum absolute atomic E-state index is 0.0545. The van der Waals surface area contributed by atoms with Crippen molar-refractivity contribution in [1.29, 1.82) is 0 Å². The van der Waals surface area contributed by atoms with Crippen molar-refractivity contribution < 1.29 is 9.72 Å². The highest BCUT2D eigenvalue weighted by atomic mass is 32.2. The second-order valence-corrected chi connectivity index (χ2v) is 8.54. The Morgan fingerprint density at radius 1 is 1.14 bits per heavy atom. The molecule has 1 aliphatic rings. The van der Waals surface area contributed by atoms with Gasteiger partial charge in [0.2, 0.25) is 5.91 Å². The van der Waals surface area contributed by atoms with Gasteiger partial charge in [0.1, 0.15) is 0 Å². The van der Waals surface area contributed by atoms with E-state index in [0.717, 1.165) is 16.9 Å². The number of carbonyl (C=O) groups excluding carboxylic acids is 1. The van der Waals surface area contributed by atoms with E-state index in [1.54, 1.807) is 23.5 Å². The zero-order valence-electron chi connectivity index (χ0n) is 15.0. The van der Waals surface area contributed by atoms with Crippen molar-refractivity contribution in [1.82, 2.24) is 4.90 Å². The predicted molar refractivity (Wildman–Crippen MR) is 112 cm³/mol. The average Bonchev–Trinajstić information content (AvgIpc) is 3.21. The number of hydrogen-bond acceptors (Lipinski definition) is 5. The maximum absolute atomic E-state index is 13.1. The summed E-state index contributed by atoms with van der Waals surface area (Å²) in [5, 5.41) is 12.9. The third-order valence-corrected chi connectivity index (χ3v) is 6.80. The van der Waals surface area contributed by atoms with Crippen LogP contribution < -0.4 is 0 Å². The SMILES string of the molecule is O=C(CSc1ccc([N+](=O)[O-])cc1)N1CCc2sccc2[C@@H]1c1ccccc1. The van der Waals surface area contributed by atoms with E-state index in [-0.39, 0.29) is 17.6 Å². The Labute approximate surface area is 171 Å². The van der Waals surface area contributed by atoms with Crippen LogP contribution in [-0.4, -0.2) is 28.0 Å². The molecule has 2 aromatic carbocycles. The molecule has 7 heteroatoms. The third kappa shape index (κ3) is 3.81. The lowest BCUT2D eigenvalue weighted by molar-refractivity contribution is -0.384. The van der Waals surface area contributed by atoms with Crippen LogP contribution in [0.15, 0.2) is 70.9 Å². The second kappa shape index (κ2) is 8.16. The molecule has 0 N–H and O–H groups in total. The van der Waals surface area contributed by atoms with E-state index in [1.165, 1.54) is 34.3 Å². The van der Waals surface area contributed by atoms with Gasteiger partial charge in [0.05, 0.1) is 16.7 Å². The zero-order chi connectivity index (χ0) is 19.5. The number of hydrogen-bond donors (Lipinski definition) is 0. The predicted octanol–water partition coefficient (Wildman–Crippen LogP) is 4.92. The van der Waals surface area contributed by atoms with Crippen molar-refractivity contribution in [3.63, 3.8) is 0 Å². The molecule has 28 heavy (non-hydrogen) atoms. The van der Waals surface area contributed by atoms with E-state index in [0.29, 0.717) is 12.3 Å². The fourth-order valence-electron chi connectivity index (χ4n) is 3.47. The van der Waals surface area contributed by atoms with Gasteiger partial charge in [-0.2, -0.15) is 0 Å². The van der Waals surface area contributed by atoms with E-state index in [2.05, 4.69) is 23.6 Å². The van der Waals surface area contributed by atoms with Gasteiger partial charge in [0.25, 0.3) is 5.69 Å². The monoisotopic (exact) mass is 410 g/mol. The number of nitrogens with zero attached hydrogens (tertiary/aromatic N) is 2. The van der Waals surface area contributed by atoms with Gasteiger partial charge in [0, 0.05) is 28.5 Å². The Bertz CT molecular complexity index is 986. The summed E-state index contributed by atoms with van der Waals surface area (Å²) in [7, 11) is 0. The molecule has 0 saturated carbocycles. The summed E-state index contributed by atoms with van der Waals surface area (Å²) < 4.78 is 0. The molecule has 0 fully saturated rings. The lowest BCUT2D eigenvalue weighted by atomic mass is 9.93. The molecule has 0 aliphatic carbocycles. The Morgan fingerprint density at radius 2 is 1.89 bits per heavy atom. The summed E-state index contributed by atoms with van der Waals surface area (Å²) in [4.78, 5) is 27.6. The molecule has 0 radical (unpaired) electrons. The quantitative estimate of drug-likeness (QED) is 0.340. The number of rotatable bonds is 5. The lowest BCUT2D eigenvalue weighted by Crippen LogP contribution is -2.41. The standard InChI is InChI=1S/C21H18N2O3S2/c24-20(14-28-17-8-6-16(7-9-17)23(25)26)22-12-10-19-18(11-13-27-19)21(22)15-4-2-1-3-5-15/h1-9,11,13,21H,10,12,14H2/t21-/m0/s1. The van der Waals surface area contributed by atoms with Gasteiger partial charge in [-0.25, -0.2) is 0 Å². The van der Waals surface area contributed by atoms with Crippen LogP contribution in [0.25, 0.3) is 0 Å². The smallest absolute Gasteiger partial charge is 0.269 e. The molecule has 4 rings (SSSR count). The molecule has 1 aromatic heterocycles. The van der Waals surface area contributed by atoms with Crippen molar-refractivity contribution in [2.45, 2.75) is 17.4 Å². The number of nitro benzene ring substituents is 1. The largest absolute Gasteiger partial charge is 0.330 e. The van der Waals surface area contributed by atoms with Crippen LogP contribution in [0.2, 0.25) is 0 Å². The van der Waals surface area contributed by atoms with Gasteiger partial charge in [-0.05, 0) is 41.1 Å². The van der Waals surface area contributed by atoms with E-state index in [1.807, 2.05) is 23.1 Å². The summed E-state index contributed by atoms with van der Waals surface area (Å²) in [6, 6.07) is 18.5. The molecule has 3 aromatic rings. The Kier molecular flexibility index (Phi) is 5.45. The van der Waals surface area contributed by atoms with Crippen LogP contribution in [0.5, 0.6) is 0 Å². The molecule has 2 heterocycles. The molecule has 142 valence electrons. The van der Waals surface area contributed by atoms with E-state index >= 15 is 0 Å². The summed E-state index contributed by atoms with van der Waals surface area (Å²) in [5.74, 6) is 0.384. The van der Waals surface area contributed by atoms with Crippen LogP contribution in [0.3, 0.4) is 0 Å². The van der Waals surface area contributed by atoms with Crippen molar-refractivity contribution >= 4 is 34.7 Å². The van der Waals surface area contributed by atoms with Crippen molar-refractivity contribution in [2.24, 2.45) is 0 Å². The second-order valence-electron chi connectivity index (χ2n) is 6.49. The third-order valence-electron chi connectivity index (χ3n) is 4.81. The maximum Gasteiger partial charge on any atom is 0.269 e. The average molecular weight is 411 g/mol. The number of fused-ring (bicyclic) bond motifs is 1. The first kappa shape index (κ1) is 18.7. The molecule has 5 nitrogen and oxygen atoms in total. The number of carbonyl (C=O) groups is 1. The number of non-ortho nitro benzene ring substituents is 1. The van der Waals surface area contributed by atoms with Gasteiger partial charge < -0.3 is 4.90 Å². The molecule has 1 atom stereocenters. The van der Waals surface area contributed by atoms with Crippen molar-refractivity contribution in [2.75, 3.05) is 12.3 Å². The number of thiophene rings is 1. The zero-order valence-corrected chi connectivity index (χ0v) is 16.6. The number of benzene rings is 2. The first-order valence-corrected chi connectivity index (χ1v) is 10.8. The number of amides is 1. The van der Waals surface area contributed by atoms with E-state index in [4.69, 9.17) is 0 Å². The molecule has 1 amide bonds. The fraction of sp³-hybridized carbons (Fsp3) is 0.190. The summed E-state index contributed by atoms with van der Waals surface area (Å²) >= 11 is 3.17. The maximum atomic E-state index is 13.1. The Morgan fingerprint density at radius 3 is 2.61 bits per heavy atom. The fourth-order valence-corrected chi connectivity index (χ4v) is 5.16. The van der Waals surface area contributed by atoms with Gasteiger partial charge in [-0.1, -0.05) is 30.3 Å². The Hall–Kier alpha value is -2.64. The summed E-state index contributed by atoms with van der Waals surface area (Å²) in [6.45, 7) is 0.701. The highest BCUT2D eigenvalue weighted by Crippen LogP contribution is 2.38. The lowest BCUT2D eigenvalue weighted by Gasteiger charge is -2.36. The molecule has 0 unspecified atom stereocenters. The number of nitro groups is 1. The van der Waals surface area contributed by atoms with Crippen LogP contribution in [0, 0.1) is 10.1 Å². The minimum atomic E-state index is -0.420. The van der Waals surface area contributed by atoms with Gasteiger partial charge in [-0.15, -0.1) is 23.1 Å². The van der Waals surface area contributed by atoms with Crippen LogP contribution in [-0.2, 0) is 11.2 Å².